The summed E-state index contributed by atoms with van der Waals surface area (Å²) in [6, 6.07) is 5.04. The van der Waals surface area contributed by atoms with Crippen LogP contribution in [0.25, 0.3) is 0 Å². The smallest absolute Gasteiger partial charge is 0.237 e. The first-order valence-electron chi connectivity index (χ1n) is 4.11. The molecule has 0 radical (unpaired) electrons. The van der Waals surface area contributed by atoms with Gasteiger partial charge < -0.3 is 11.1 Å². The molecule has 14 heavy (non-hydrogen) atoms. The van der Waals surface area contributed by atoms with E-state index in [0.29, 0.717) is 6.42 Å². The van der Waals surface area contributed by atoms with Gasteiger partial charge in [0.15, 0.2) is 0 Å². The number of pyridine rings is 1. The van der Waals surface area contributed by atoms with Crippen molar-refractivity contribution in [3.8, 4) is 0 Å². The van der Waals surface area contributed by atoms with Crippen LogP contribution in [0.2, 0.25) is 0 Å². The summed E-state index contributed by atoms with van der Waals surface area (Å²) in [5, 5.41) is 2.49. The number of hydrogen-bond acceptors (Lipinski definition) is 3. The second-order valence-corrected chi connectivity index (χ2v) is 2.75. The van der Waals surface area contributed by atoms with E-state index in [9.17, 15) is 4.79 Å². The number of hydrogen-bond donors (Lipinski definition) is 2. The van der Waals surface area contributed by atoms with Crippen LogP contribution in [0.15, 0.2) is 24.4 Å². The first-order chi connectivity index (χ1) is 6.24. The Morgan fingerprint density at radius 1 is 1.64 bits per heavy atom. The van der Waals surface area contributed by atoms with Crippen molar-refractivity contribution in [1.29, 1.82) is 0 Å². The molecule has 0 saturated carbocycles. The molecule has 3 N–H and O–H groups in total. The van der Waals surface area contributed by atoms with Gasteiger partial charge in [-0.05, 0) is 12.1 Å². The molecule has 0 unspecified atom stereocenters. The lowest BCUT2D eigenvalue weighted by Crippen LogP contribution is -2.40. The van der Waals surface area contributed by atoms with Gasteiger partial charge in [-0.3, -0.25) is 9.78 Å². The largest absolute Gasteiger partial charge is 0.358 e. The molecule has 0 bridgehead atoms. The lowest BCUT2D eigenvalue weighted by Gasteiger charge is -2.08. The monoisotopic (exact) mass is 215 g/mol. The molecule has 78 valence electrons. The third kappa shape index (κ3) is 3.72. The number of carbonyl (C=O) groups is 1. The molecule has 1 rings (SSSR count). The number of nitrogens with one attached hydrogen (secondary N) is 1. The standard InChI is InChI=1S/C9H13N3O.ClH/c1-11-9(13)8(10)6-7-4-2-3-5-12-7;/h2-5,8H,6,10H2,1H3,(H,11,13);1H/t8-;/m0./s1. The van der Waals surface area contributed by atoms with Gasteiger partial charge in [-0.15, -0.1) is 12.4 Å². The van der Waals surface area contributed by atoms with E-state index in [2.05, 4.69) is 10.3 Å². The van der Waals surface area contributed by atoms with Crippen LogP contribution < -0.4 is 11.1 Å². The van der Waals surface area contributed by atoms with Crippen molar-refractivity contribution in [2.24, 2.45) is 5.73 Å². The van der Waals surface area contributed by atoms with E-state index in [1.165, 1.54) is 0 Å². The Balaban J connectivity index is 0.00000169. The molecule has 4 nitrogen and oxygen atoms in total. The molecule has 0 aromatic carbocycles. The first-order valence-corrected chi connectivity index (χ1v) is 4.11. The summed E-state index contributed by atoms with van der Waals surface area (Å²) in [5.74, 6) is -0.161. The Kier molecular flexibility index (Phi) is 5.83. The van der Waals surface area contributed by atoms with Crippen molar-refractivity contribution >= 4 is 18.3 Å². The number of amides is 1. The van der Waals surface area contributed by atoms with Crippen LogP contribution in [0.1, 0.15) is 5.69 Å². The third-order valence-electron chi connectivity index (χ3n) is 1.74. The minimum absolute atomic E-state index is 0. The van der Waals surface area contributed by atoms with Crippen LogP contribution in [-0.2, 0) is 11.2 Å². The summed E-state index contributed by atoms with van der Waals surface area (Å²) >= 11 is 0. The SMILES string of the molecule is CNC(=O)[C@@H](N)Cc1ccccn1.Cl. The molecule has 1 amide bonds. The number of nitrogens with two attached hydrogens (primary N) is 1. The number of rotatable bonds is 3. The van der Waals surface area contributed by atoms with Gasteiger partial charge in [-0.1, -0.05) is 6.07 Å². The average molecular weight is 216 g/mol. The van der Waals surface area contributed by atoms with Crippen LogP contribution in [0, 0.1) is 0 Å². The molecule has 0 spiro atoms. The summed E-state index contributed by atoms with van der Waals surface area (Å²) in [7, 11) is 1.57. The molecule has 0 aliphatic rings. The minimum Gasteiger partial charge on any atom is -0.358 e. The number of aromatic nitrogens is 1. The second-order valence-electron chi connectivity index (χ2n) is 2.75. The Morgan fingerprint density at radius 2 is 2.36 bits per heavy atom. The highest BCUT2D eigenvalue weighted by Gasteiger charge is 2.11. The van der Waals surface area contributed by atoms with Crippen LogP contribution >= 0.6 is 12.4 Å². The van der Waals surface area contributed by atoms with E-state index in [1.54, 1.807) is 13.2 Å². The van der Waals surface area contributed by atoms with Crippen LogP contribution in [0.4, 0.5) is 0 Å². The Bertz CT molecular complexity index is 279. The van der Waals surface area contributed by atoms with Crippen LogP contribution in [0.3, 0.4) is 0 Å². The van der Waals surface area contributed by atoms with Crippen LogP contribution in [-0.4, -0.2) is 24.0 Å². The van der Waals surface area contributed by atoms with Crippen molar-refractivity contribution < 1.29 is 4.79 Å². The number of likely N-dealkylation sites (N-methyl/N-ethyl adjacent to an activating group) is 1. The molecule has 1 aromatic rings. The van der Waals surface area contributed by atoms with Gasteiger partial charge in [0.2, 0.25) is 5.91 Å². The fourth-order valence-corrected chi connectivity index (χ4v) is 1.02. The van der Waals surface area contributed by atoms with Gasteiger partial charge in [-0.25, -0.2) is 0 Å². The minimum atomic E-state index is -0.514. The third-order valence-corrected chi connectivity index (χ3v) is 1.74. The highest BCUT2D eigenvalue weighted by molar-refractivity contribution is 5.85. The van der Waals surface area contributed by atoms with Crippen LogP contribution in [0.5, 0.6) is 0 Å². The predicted molar refractivity (Wildman–Crippen MR) is 57.2 cm³/mol. The van der Waals surface area contributed by atoms with E-state index in [1.807, 2.05) is 18.2 Å². The van der Waals surface area contributed by atoms with Crippen molar-refractivity contribution in [1.82, 2.24) is 10.3 Å². The molecule has 1 aromatic heterocycles. The lowest BCUT2D eigenvalue weighted by atomic mass is 10.1. The lowest BCUT2D eigenvalue weighted by molar-refractivity contribution is -0.121. The molecular formula is C9H14ClN3O. The molecule has 0 aliphatic carbocycles. The normalized spacial score (nSPS) is 11.3. The van der Waals surface area contributed by atoms with Crippen molar-refractivity contribution in [2.45, 2.75) is 12.5 Å². The zero-order chi connectivity index (χ0) is 9.68. The van der Waals surface area contributed by atoms with Gasteiger partial charge in [0.25, 0.3) is 0 Å². The van der Waals surface area contributed by atoms with E-state index >= 15 is 0 Å². The van der Waals surface area contributed by atoms with Gasteiger partial charge in [0.1, 0.15) is 0 Å². The van der Waals surface area contributed by atoms with E-state index in [4.69, 9.17) is 5.73 Å². The predicted octanol–water partition coefficient (Wildman–Crippen LogP) is 0.119. The van der Waals surface area contributed by atoms with Crippen molar-refractivity contribution in [3.05, 3.63) is 30.1 Å². The quantitative estimate of drug-likeness (QED) is 0.753. The summed E-state index contributed by atoms with van der Waals surface area (Å²) in [5.41, 5.74) is 6.44. The number of halogens is 1. The maximum Gasteiger partial charge on any atom is 0.237 e. The zero-order valence-corrected chi connectivity index (χ0v) is 8.75. The fourth-order valence-electron chi connectivity index (χ4n) is 1.02. The van der Waals surface area contributed by atoms with Gasteiger partial charge in [0, 0.05) is 25.4 Å². The average Bonchev–Trinajstić information content (AvgIpc) is 2.18. The summed E-state index contributed by atoms with van der Waals surface area (Å²) in [4.78, 5) is 15.1. The highest BCUT2D eigenvalue weighted by Crippen LogP contribution is 1.97. The van der Waals surface area contributed by atoms with Crippen molar-refractivity contribution in [2.75, 3.05) is 7.05 Å². The molecule has 0 fully saturated rings. The van der Waals surface area contributed by atoms with E-state index in [-0.39, 0.29) is 18.3 Å². The van der Waals surface area contributed by atoms with Gasteiger partial charge >= 0.3 is 0 Å². The maximum atomic E-state index is 11.1. The summed E-state index contributed by atoms with van der Waals surface area (Å²) < 4.78 is 0. The molecule has 0 aliphatic heterocycles. The van der Waals surface area contributed by atoms with Gasteiger partial charge in [0.05, 0.1) is 6.04 Å². The molecule has 0 saturated heterocycles. The highest BCUT2D eigenvalue weighted by atomic mass is 35.5. The van der Waals surface area contributed by atoms with E-state index < -0.39 is 6.04 Å². The number of carbonyl (C=O) groups excluding carboxylic acids is 1. The molecule has 1 atom stereocenters. The topological polar surface area (TPSA) is 68.0 Å². The Labute approximate surface area is 89.3 Å². The van der Waals surface area contributed by atoms with Crippen molar-refractivity contribution in [3.63, 3.8) is 0 Å². The molecule has 5 heteroatoms. The van der Waals surface area contributed by atoms with E-state index in [0.717, 1.165) is 5.69 Å². The second kappa shape index (κ2) is 6.34. The fraction of sp³-hybridized carbons (Fsp3) is 0.333. The Morgan fingerprint density at radius 3 is 2.86 bits per heavy atom. The zero-order valence-electron chi connectivity index (χ0n) is 7.93. The summed E-state index contributed by atoms with van der Waals surface area (Å²) in [6.07, 6.45) is 2.16. The maximum absolute atomic E-state index is 11.1. The molecular weight excluding hydrogens is 202 g/mol. The van der Waals surface area contributed by atoms with Gasteiger partial charge in [-0.2, -0.15) is 0 Å². The molecule has 1 heterocycles. The Hall–Kier alpha value is -1.13. The first kappa shape index (κ1) is 12.9. The summed E-state index contributed by atoms with van der Waals surface area (Å²) in [6.45, 7) is 0. The number of nitrogens with zero attached hydrogens (tertiary/aromatic N) is 1.